The molecule has 4 nitrogen and oxygen atoms in total. The van der Waals surface area contributed by atoms with Crippen LogP contribution in [0.1, 0.15) is 18.9 Å². The Labute approximate surface area is 117 Å². The smallest absolute Gasteiger partial charge is 0.261 e. The Morgan fingerprint density at radius 2 is 2.15 bits per heavy atom. The molecule has 0 aliphatic heterocycles. The monoisotopic (exact) mass is 287 g/mol. The number of hydrogen-bond donors (Lipinski definition) is 1. The van der Waals surface area contributed by atoms with Crippen molar-refractivity contribution in [3.63, 3.8) is 0 Å². The molecule has 0 bridgehead atoms. The van der Waals surface area contributed by atoms with Crippen LogP contribution >= 0.6 is 0 Å². The molecule has 0 radical (unpaired) electrons. The molecule has 0 heterocycles. The van der Waals surface area contributed by atoms with Crippen molar-refractivity contribution in [2.45, 2.75) is 26.7 Å². The molecule has 0 aromatic heterocycles. The van der Waals surface area contributed by atoms with Crippen LogP contribution in [-0.2, 0) is 9.53 Å². The van der Waals surface area contributed by atoms with Crippen LogP contribution in [0.15, 0.2) is 18.2 Å². The first-order chi connectivity index (χ1) is 9.45. The molecule has 0 fully saturated rings. The molecule has 1 aromatic rings. The van der Waals surface area contributed by atoms with E-state index < -0.39 is 13.0 Å². The number of carbonyl (C=O) groups excluding carboxylic acids is 1. The molecule has 1 amide bonds. The van der Waals surface area contributed by atoms with Crippen LogP contribution in [0.5, 0.6) is 5.75 Å². The van der Waals surface area contributed by atoms with Gasteiger partial charge in [-0.25, -0.2) is 8.78 Å². The Balaban J connectivity index is 2.65. The van der Waals surface area contributed by atoms with Gasteiger partial charge in [-0.3, -0.25) is 4.79 Å². The van der Waals surface area contributed by atoms with Gasteiger partial charge in [0.25, 0.3) is 6.43 Å². The normalized spacial score (nSPS) is 10.8. The van der Waals surface area contributed by atoms with E-state index in [1.54, 1.807) is 19.1 Å². The van der Waals surface area contributed by atoms with Crippen LogP contribution in [0.25, 0.3) is 0 Å². The van der Waals surface area contributed by atoms with E-state index in [2.05, 4.69) is 0 Å². The lowest BCUT2D eigenvalue weighted by Gasteiger charge is -2.23. The summed E-state index contributed by atoms with van der Waals surface area (Å²) in [6.45, 7) is 3.36. The minimum Gasteiger partial charge on any atom is -0.508 e. The number of anilines is 1. The molecule has 20 heavy (non-hydrogen) atoms. The molecule has 6 heteroatoms. The number of rotatable bonds is 7. The molecule has 0 spiro atoms. The summed E-state index contributed by atoms with van der Waals surface area (Å²) in [6.07, 6.45) is -2.50. The van der Waals surface area contributed by atoms with Crippen molar-refractivity contribution in [3.05, 3.63) is 23.8 Å². The van der Waals surface area contributed by atoms with Gasteiger partial charge < -0.3 is 14.7 Å². The molecular weight excluding hydrogens is 268 g/mol. The van der Waals surface area contributed by atoms with Gasteiger partial charge in [0.2, 0.25) is 5.91 Å². The second kappa shape index (κ2) is 7.79. The SMILES string of the molecule is CCN(C(=O)CCOCC(F)F)c1cc(O)ccc1C. The topological polar surface area (TPSA) is 49.8 Å². The minimum atomic E-state index is -2.53. The molecule has 112 valence electrons. The van der Waals surface area contributed by atoms with E-state index in [-0.39, 0.29) is 24.7 Å². The number of benzene rings is 1. The van der Waals surface area contributed by atoms with Crippen molar-refractivity contribution in [1.29, 1.82) is 0 Å². The molecule has 1 rings (SSSR count). The molecule has 0 atom stereocenters. The van der Waals surface area contributed by atoms with Crippen LogP contribution in [0, 0.1) is 6.92 Å². The molecular formula is C14H19F2NO3. The summed E-state index contributed by atoms with van der Waals surface area (Å²) in [5.74, 6) is -0.152. The maximum atomic E-state index is 12.1. The van der Waals surface area contributed by atoms with Gasteiger partial charge in [-0.05, 0) is 25.5 Å². The number of phenolic OH excluding ortho intramolecular Hbond substituents is 1. The number of halogens is 2. The van der Waals surface area contributed by atoms with Crippen LogP contribution in [0.2, 0.25) is 0 Å². The maximum Gasteiger partial charge on any atom is 0.261 e. The number of alkyl halides is 2. The van der Waals surface area contributed by atoms with E-state index in [9.17, 15) is 18.7 Å². The lowest BCUT2D eigenvalue weighted by atomic mass is 10.1. The van der Waals surface area contributed by atoms with Gasteiger partial charge in [0, 0.05) is 12.6 Å². The van der Waals surface area contributed by atoms with Crippen LogP contribution in [-0.4, -0.2) is 37.2 Å². The average molecular weight is 287 g/mol. The van der Waals surface area contributed by atoms with Crippen molar-refractivity contribution < 1.29 is 23.4 Å². The maximum absolute atomic E-state index is 12.1. The van der Waals surface area contributed by atoms with Crippen molar-refractivity contribution in [1.82, 2.24) is 0 Å². The van der Waals surface area contributed by atoms with Gasteiger partial charge in [-0.15, -0.1) is 0 Å². The fourth-order valence-electron chi connectivity index (χ4n) is 1.84. The van der Waals surface area contributed by atoms with Gasteiger partial charge in [0.1, 0.15) is 12.4 Å². The highest BCUT2D eigenvalue weighted by Gasteiger charge is 2.16. The van der Waals surface area contributed by atoms with Crippen molar-refractivity contribution in [2.24, 2.45) is 0 Å². The largest absolute Gasteiger partial charge is 0.508 e. The number of hydrogen-bond acceptors (Lipinski definition) is 3. The quantitative estimate of drug-likeness (QED) is 0.784. The summed E-state index contributed by atoms with van der Waals surface area (Å²) >= 11 is 0. The third-order valence-corrected chi connectivity index (χ3v) is 2.80. The third-order valence-electron chi connectivity index (χ3n) is 2.80. The van der Waals surface area contributed by atoms with Gasteiger partial charge in [0.15, 0.2) is 0 Å². The van der Waals surface area contributed by atoms with Gasteiger partial charge >= 0.3 is 0 Å². The summed E-state index contributed by atoms with van der Waals surface area (Å²) in [7, 11) is 0. The highest BCUT2D eigenvalue weighted by Crippen LogP contribution is 2.25. The number of nitrogens with zero attached hydrogens (tertiary/aromatic N) is 1. The van der Waals surface area contributed by atoms with E-state index in [0.29, 0.717) is 12.2 Å². The fourth-order valence-corrected chi connectivity index (χ4v) is 1.84. The van der Waals surface area contributed by atoms with Crippen molar-refractivity contribution >= 4 is 11.6 Å². The Bertz CT molecular complexity index is 452. The average Bonchev–Trinajstić information content (AvgIpc) is 2.39. The van der Waals surface area contributed by atoms with E-state index >= 15 is 0 Å². The molecule has 0 unspecified atom stereocenters. The van der Waals surface area contributed by atoms with Crippen molar-refractivity contribution in [3.8, 4) is 5.75 Å². The van der Waals surface area contributed by atoms with E-state index in [1.165, 1.54) is 11.0 Å². The fraction of sp³-hybridized carbons (Fsp3) is 0.500. The zero-order valence-corrected chi connectivity index (χ0v) is 11.6. The first-order valence-electron chi connectivity index (χ1n) is 6.41. The lowest BCUT2D eigenvalue weighted by Crippen LogP contribution is -2.32. The Kier molecular flexibility index (Phi) is 6.38. The lowest BCUT2D eigenvalue weighted by molar-refractivity contribution is -0.120. The summed E-state index contributed by atoms with van der Waals surface area (Å²) in [5.41, 5.74) is 1.47. The molecule has 0 saturated heterocycles. The summed E-state index contributed by atoms with van der Waals surface area (Å²) in [6, 6.07) is 4.77. The second-order valence-corrected chi connectivity index (χ2v) is 4.32. The summed E-state index contributed by atoms with van der Waals surface area (Å²) in [5, 5.41) is 9.49. The molecule has 1 aromatic carbocycles. The highest BCUT2D eigenvalue weighted by atomic mass is 19.3. The Morgan fingerprint density at radius 3 is 2.75 bits per heavy atom. The number of aromatic hydroxyl groups is 1. The summed E-state index contributed by atoms with van der Waals surface area (Å²) in [4.78, 5) is 13.6. The standard InChI is InChI=1S/C14H19F2NO3/c1-3-17(12-8-11(18)5-4-10(12)2)14(19)6-7-20-9-13(15)16/h4-5,8,13,18H,3,6-7,9H2,1-2H3. The van der Waals surface area contributed by atoms with E-state index in [1.807, 2.05) is 6.92 Å². The highest BCUT2D eigenvalue weighted by molar-refractivity contribution is 5.94. The molecule has 0 saturated carbocycles. The number of ether oxygens (including phenoxy) is 1. The van der Waals surface area contributed by atoms with Gasteiger partial charge in [-0.1, -0.05) is 6.07 Å². The summed E-state index contributed by atoms with van der Waals surface area (Å²) < 4.78 is 28.5. The first-order valence-corrected chi connectivity index (χ1v) is 6.41. The van der Waals surface area contributed by atoms with Crippen LogP contribution < -0.4 is 4.90 Å². The zero-order valence-electron chi connectivity index (χ0n) is 11.6. The zero-order chi connectivity index (χ0) is 15.1. The number of aryl methyl sites for hydroxylation is 1. The van der Waals surface area contributed by atoms with Gasteiger partial charge in [0.05, 0.1) is 18.7 Å². The van der Waals surface area contributed by atoms with Crippen LogP contribution in [0.4, 0.5) is 14.5 Å². The minimum absolute atomic E-state index is 0.0235. The van der Waals surface area contributed by atoms with E-state index in [0.717, 1.165) is 5.56 Å². The number of phenols is 1. The Hall–Kier alpha value is -1.69. The van der Waals surface area contributed by atoms with Gasteiger partial charge in [-0.2, -0.15) is 0 Å². The molecule has 0 aliphatic rings. The van der Waals surface area contributed by atoms with E-state index in [4.69, 9.17) is 4.74 Å². The predicted octanol–water partition coefficient (Wildman–Crippen LogP) is 2.73. The molecule has 0 aliphatic carbocycles. The number of carbonyl (C=O) groups is 1. The first kappa shape index (κ1) is 16.4. The van der Waals surface area contributed by atoms with Crippen molar-refractivity contribution in [2.75, 3.05) is 24.7 Å². The second-order valence-electron chi connectivity index (χ2n) is 4.32. The van der Waals surface area contributed by atoms with Crippen LogP contribution in [0.3, 0.4) is 0 Å². The molecule has 1 N–H and O–H groups in total. The predicted molar refractivity (Wildman–Crippen MR) is 72.3 cm³/mol. The Morgan fingerprint density at radius 1 is 1.45 bits per heavy atom. The number of amides is 1. The third kappa shape index (κ3) is 4.77.